The Morgan fingerprint density at radius 2 is 2.10 bits per heavy atom. The average Bonchev–Trinajstić information content (AvgIpc) is 2.45. The van der Waals surface area contributed by atoms with Crippen molar-refractivity contribution in [2.75, 3.05) is 27.2 Å². The van der Waals surface area contributed by atoms with Crippen LogP contribution < -0.4 is 11.1 Å². The summed E-state index contributed by atoms with van der Waals surface area (Å²) in [6.07, 6.45) is 0. The first-order chi connectivity index (χ1) is 9.49. The molecule has 1 aromatic rings. The highest BCUT2D eigenvalue weighted by Gasteiger charge is 2.14. The molecule has 0 aliphatic carbocycles. The molecular weight excluding hydrogens is 254 g/mol. The van der Waals surface area contributed by atoms with Gasteiger partial charge in [-0.1, -0.05) is 17.9 Å². The first kappa shape index (κ1) is 15.7. The molecule has 0 bridgehead atoms. The van der Waals surface area contributed by atoms with Crippen LogP contribution in [-0.2, 0) is 4.79 Å². The van der Waals surface area contributed by atoms with Gasteiger partial charge in [0, 0.05) is 25.2 Å². The van der Waals surface area contributed by atoms with Crippen molar-refractivity contribution in [2.45, 2.75) is 6.92 Å². The Labute approximate surface area is 119 Å². The van der Waals surface area contributed by atoms with Crippen LogP contribution in [0.4, 0.5) is 0 Å². The highest BCUT2D eigenvalue weighted by Crippen LogP contribution is 2.12. The Balaban J connectivity index is 2.96. The van der Waals surface area contributed by atoms with E-state index in [9.17, 15) is 9.59 Å². The zero-order chi connectivity index (χ0) is 15.1. The summed E-state index contributed by atoms with van der Waals surface area (Å²) in [6, 6.07) is 5.29. The minimum Gasteiger partial charge on any atom is -0.358 e. The van der Waals surface area contributed by atoms with E-state index in [2.05, 4.69) is 17.2 Å². The van der Waals surface area contributed by atoms with E-state index in [-0.39, 0.29) is 24.9 Å². The van der Waals surface area contributed by atoms with Crippen LogP contribution >= 0.6 is 0 Å². The van der Waals surface area contributed by atoms with Gasteiger partial charge in [-0.3, -0.25) is 9.59 Å². The van der Waals surface area contributed by atoms with Crippen molar-refractivity contribution in [2.24, 2.45) is 5.73 Å². The Morgan fingerprint density at radius 3 is 2.70 bits per heavy atom. The molecule has 0 aromatic heterocycles. The molecule has 0 spiro atoms. The normalized spacial score (nSPS) is 9.40. The molecule has 106 valence electrons. The number of aryl methyl sites for hydroxylation is 1. The molecule has 0 saturated carbocycles. The van der Waals surface area contributed by atoms with E-state index in [1.807, 2.05) is 13.0 Å². The lowest BCUT2D eigenvalue weighted by atomic mass is 10.0. The zero-order valence-electron chi connectivity index (χ0n) is 12.0. The third-order valence-electron chi connectivity index (χ3n) is 2.82. The molecule has 20 heavy (non-hydrogen) atoms. The number of hydrogen-bond acceptors (Lipinski definition) is 3. The van der Waals surface area contributed by atoms with Crippen molar-refractivity contribution in [3.05, 3.63) is 34.9 Å². The summed E-state index contributed by atoms with van der Waals surface area (Å²) < 4.78 is 0. The van der Waals surface area contributed by atoms with Gasteiger partial charge in [0.25, 0.3) is 5.91 Å². The smallest absolute Gasteiger partial charge is 0.254 e. The Hall–Kier alpha value is -2.32. The van der Waals surface area contributed by atoms with Gasteiger partial charge in [0.1, 0.15) is 0 Å². The second-order valence-corrected chi connectivity index (χ2v) is 4.37. The molecule has 0 unspecified atom stereocenters. The van der Waals surface area contributed by atoms with Gasteiger partial charge in [-0.25, -0.2) is 0 Å². The third-order valence-corrected chi connectivity index (χ3v) is 2.82. The van der Waals surface area contributed by atoms with Crippen LogP contribution in [-0.4, -0.2) is 43.9 Å². The largest absolute Gasteiger partial charge is 0.358 e. The maximum atomic E-state index is 12.2. The molecule has 5 heteroatoms. The number of likely N-dealkylation sites (N-methyl/N-ethyl adjacent to an activating group) is 2. The SMILES string of the molecule is CNC(=O)CN(C)C(=O)c1ccc(C)c(C#CCN)c1. The van der Waals surface area contributed by atoms with Crippen LogP contribution in [0.2, 0.25) is 0 Å². The Morgan fingerprint density at radius 1 is 1.40 bits per heavy atom. The number of carbonyl (C=O) groups excluding carboxylic acids is 2. The summed E-state index contributed by atoms with van der Waals surface area (Å²) in [5.41, 5.74) is 7.61. The lowest BCUT2D eigenvalue weighted by molar-refractivity contribution is -0.121. The lowest BCUT2D eigenvalue weighted by Crippen LogP contribution is -2.36. The molecule has 3 N–H and O–H groups in total. The highest BCUT2D eigenvalue weighted by molar-refractivity contribution is 5.96. The van der Waals surface area contributed by atoms with Crippen molar-refractivity contribution in [3.63, 3.8) is 0 Å². The van der Waals surface area contributed by atoms with Crippen molar-refractivity contribution in [1.29, 1.82) is 0 Å². The fourth-order valence-electron chi connectivity index (χ4n) is 1.62. The van der Waals surface area contributed by atoms with Crippen molar-refractivity contribution < 1.29 is 9.59 Å². The minimum absolute atomic E-state index is 0.0209. The number of amides is 2. The summed E-state index contributed by atoms with van der Waals surface area (Å²) in [5.74, 6) is 5.27. The maximum absolute atomic E-state index is 12.2. The van der Waals surface area contributed by atoms with E-state index in [1.165, 1.54) is 11.9 Å². The molecule has 2 amide bonds. The van der Waals surface area contributed by atoms with E-state index < -0.39 is 0 Å². The predicted octanol–water partition coefficient (Wildman–Crippen LogP) is 0.123. The van der Waals surface area contributed by atoms with Gasteiger partial charge >= 0.3 is 0 Å². The van der Waals surface area contributed by atoms with Crippen LogP contribution in [0.5, 0.6) is 0 Å². The summed E-state index contributed by atoms with van der Waals surface area (Å²) >= 11 is 0. The minimum atomic E-state index is -0.218. The molecule has 5 nitrogen and oxygen atoms in total. The van der Waals surface area contributed by atoms with Gasteiger partial charge in [0.05, 0.1) is 13.1 Å². The van der Waals surface area contributed by atoms with Crippen LogP contribution in [0.25, 0.3) is 0 Å². The molecule has 0 radical (unpaired) electrons. The van der Waals surface area contributed by atoms with E-state index >= 15 is 0 Å². The molecule has 0 heterocycles. The number of nitrogens with zero attached hydrogens (tertiary/aromatic N) is 1. The molecule has 0 atom stereocenters. The van der Waals surface area contributed by atoms with E-state index in [0.29, 0.717) is 5.56 Å². The quantitative estimate of drug-likeness (QED) is 0.768. The summed E-state index contributed by atoms with van der Waals surface area (Å²) in [4.78, 5) is 24.9. The van der Waals surface area contributed by atoms with Gasteiger partial charge < -0.3 is 16.0 Å². The number of carbonyl (C=O) groups is 2. The predicted molar refractivity (Wildman–Crippen MR) is 78.1 cm³/mol. The summed E-state index contributed by atoms with van der Waals surface area (Å²) in [6.45, 7) is 2.21. The van der Waals surface area contributed by atoms with Gasteiger partial charge in [0.15, 0.2) is 0 Å². The number of rotatable bonds is 3. The van der Waals surface area contributed by atoms with Crippen LogP contribution in [0.3, 0.4) is 0 Å². The first-order valence-electron chi connectivity index (χ1n) is 6.25. The number of nitrogens with two attached hydrogens (primary N) is 1. The maximum Gasteiger partial charge on any atom is 0.254 e. The number of nitrogens with one attached hydrogen (secondary N) is 1. The molecular formula is C15H19N3O2. The van der Waals surface area contributed by atoms with Crippen LogP contribution in [0, 0.1) is 18.8 Å². The first-order valence-corrected chi connectivity index (χ1v) is 6.25. The standard InChI is InChI=1S/C15H19N3O2/c1-11-6-7-13(9-12(11)5-4-8-16)15(20)18(3)10-14(19)17-2/h6-7,9H,8,10,16H2,1-3H3,(H,17,19). The van der Waals surface area contributed by atoms with E-state index in [1.54, 1.807) is 19.2 Å². The Bertz CT molecular complexity index is 570. The molecule has 1 aromatic carbocycles. The van der Waals surface area contributed by atoms with Gasteiger partial charge in [-0.05, 0) is 24.6 Å². The number of benzene rings is 1. The fraction of sp³-hybridized carbons (Fsp3) is 0.333. The average molecular weight is 273 g/mol. The second-order valence-electron chi connectivity index (χ2n) is 4.37. The number of hydrogen-bond donors (Lipinski definition) is 2. The second kappa shape index (κ2) is 7.31. The molecule has 1 rings (SSSR count). The van der Waals surface area contributed by atoms with Crippen molar-refractivity contribution >= 4 is 11.8 Å². The van der Waals surface area contributed by atoms with Gasteiger partial charge in [0.2, 0.25) is 5.91 Å². The third kappa shape index (κ3) is 4.11. The molecule has 0 aliphatic heterocycles. The lowest BCUT2D eigenvalue weighted by Gasteiger charge is -2.16. The molecule has 0 saturated heterocycles. The fourth-order valence-corrected chi connectivity index (χ4v) is 1.62. The Kier molecular flexibility index (Phi) is 5.75. The van der Waals surface area contributed by atoms with Crippen LogP contribution in [0.15, 0.2) is 18.2 Å². The topological polar surface area (TPSA) is 75.4 Å². The van der Waals surface area contributed by atoms with Crippen molar-refractivity contribution in [1.82, 2.24) is 10.2 Å². The molecule has 0 aliphatic rings. The summed E-state index contributed by atoms with van der Waals surface area (Å²) in [5, 5.41) is 2.48. The summed E-state index contributed by atoms with van der Waals surface area (Å²) in [7, 11) is 3.12. The van der Waals surface area contributed by atoms with E-state index in [4.69, 9.17) is 5.73 Å². The van der Waals surface area contributed by atoms with Crippen LogP contribution in [0.1, 0.15) is 21.5 Å². The van der Waals surface area contributed by atoms with Gasteiger partial charge in [-0.2, -0.15) is 0 Å². The monoisotopic (exact) mass is 273 g/mol. The van der Waals surface area contributed by atoms with E-state index in [0.717, 1.165) is 11.1 Å². The van der Waals surface area contributed by atoms with Crippen molar-refractivity contribution in [3.8, 4) is 11.8 Å². The molecule has 0 fully saturated rings. The highest BCUT2D eigenvalue weighted by atomic mass is 16.2. The van der Waals surface area contributed by atoms with Gasteiger partial charge in [-0.15, -0.1) is 0 Å². The zero-order valence-corrected chi connectivity index (χ0v) is 12.0.